The summed E-state index contributed by atoms with van der Waals surface area (Å²) in [6, 6.07) is 0.702. The minimum absolute atomic E-state index is 0.346. The molecule has 0 radical (unpaired) electrons. The summed E-state index contributed by atoms with van der Waals surface area (Å²) in [5.74, 6) is 0.875. The van der Waals surface area contributed by atoms with Crippen LogP contribution in [-0.4, -0.2) is 53.3 Å². The molecule has 0 aromatic heterocycles. The smallest absolute Gasteiger partial charge is 0.222 e. The summed E-state index contributed by atoms with van der Waals surface area (Å²) in [7, 11) is 0. The van der Waals surface area contributed by atoms with E-state index in [1.807, 2.05) is 4.90 Å². The molecule has 0 spiro atoms. The zero-order valence-corrected chi connectivity index (χ0v) is 12.3. The lowest BCUT2D eigenvalue weighted by molar-refractivity contribution is -0.128. The van der Waals surface area contributed by atoms with Crippen molar-refractivity contribution in [2.45, 2.75) is 38.6 Å². The molecule has 2 heterocycles. The van der Waals surface area contributed by atoms with Gasteiger partial charge in [-0.2, -0.15) is 0 Å². The van der Waals surface area contributed by atoms with Crippen molar-refractivity contribution >= 4 is 21.8 Å². The molecule has 2 atom stereocenters. The van der Waals surface area contributed by atoms with Gasteiger partial charge in [0.25, 0.3) is 0 Å². The van der Waals surface area contributed by atoms with Crippen molar-refractivity contribution in [2.24, 2.45) is 5.92 Å². The molecule has 1 amide bonds. The van der Waals surface area contributed by atoms with E-state index in [1.54, 1.807) is 0 Å². The molecule has 2 fully saturated rings. The van der Waals surface area contributed by atoms with Crippen LogP contribution in [0.3, 0.4) is 0 Å². The summed E-state index contributed by atoms with van der Waals surface area (Å²) >= 11 is 3.48. The summed E-state index contributed by atoms with van der Waals surface area (Å²) in [5, 5.41) is 0.954. The first-order chi connectivity index (χ1) is 8.20. The zero-order valence-electron chi connectivity index (χ0n) is 10.7. The number of amides is 1. The molecule has 0 aliphatic carbocycles. The van der Waals surface area contributed by atoms with Crippen LogP contribution in [-0.2, 0) is 4.79 Å². The standard InChI is InChI=1S/C13H23BrN2O/c1-11-4-2-3-5-15(11)6-7-16-10-12(9-14)8-13(16)17/h11-12H,2-10H2,1H3. The lowest BCUT2D eigenvalue weighted by atomic mass is 10.0. The molecule has 2 aliphatic heterocycles. The predicted molar refractivity (Wildman–Crippen MR) is 73.4 cm³/mol. The molecule has 0 aromatic carbocycles. The predicted octanol–water partition coefficient (Wildman–Crippen LogP) is 2.10. The first kappa shape index (κ1) is 13.3. The highest BCUT2D eigenvalue weighted by atomic mass is 79.9. The second-order valence-electron chi connectivity index (χ2n) is 5.44. The highest BCUT2D eigenvalue weighted by Crippen LogP contribution is 2.20. The Bertz CT molecular complexity index is 272. The third kappa shape index (κ3) is 3.44. The summed E-state index contributed by atoms with van der Waals surface area (Å²) in [6.45, 7) is 6.46. The van der Waals surface area contributed by atoms with Gasteiger partial charge in [-0.1, -0.05) is 22.4 Å². The fourth-order valence-electron chi connectivity index (χ4n) is 2.91. The van der Waals surface area contributed by atoms with Crippen LogP contribution in [0.2, 0.25) is 0 Å². The molecule has 0 N–H and O–H groups in total. The van der Waals surface area contributed by atoms with E-state index >= 15 is 0 Å². The van der Waals surface area contributed by atoms with E-state index in [1.165, 1.54) is 25.8 Å². The van der Waals surface area contributed by atoms with Crippen molar-refractivity contribution in [2.75, 3.05) is 31.5 Å². The quantitative estimate of drug-likeness (QED) is 0.743. The Morgan fingerprint density at radius 2 is 2.18 bits per heavy atom. The number of hydrogen-bond donors (Lipinski definition) is 0. The van der Waals surface area contributed by atoms with Crippen molar-refractivity contribution in [3.05, 3.63) is 0 Å². The van der Waals surface area contributed by atoms with Gasteiger partial charge in [-0.25, -0.2) is 0 Å². The summed E-state index contributed by atoms with van der Waals surface area (Å²) in [4.78, 5) is 16.4. The van der Waals surface area contributed by atoms with Crippen LogP contribution in [0.4, 0.5) is 0 Å². The Kier molecular flexibility index (Phi) is 4.86. The fraction of sp³-hybridized carbons (Fsp3) is 0.923. The third-order valence-electron chi connectivity index (χ3n) is 4.11. The van der Waals surface area contributed by atoms with Gasteiger partial charge in [0.05, 0.1) is 0 Å². The SMILES string of the molecule is CC1CCCCN1CCN1CC(CBr)CC1=O. The second kappa shape index (κ2) is 6.19. The molecule has 2 rings (SSSR count). The van der Waals surface area contributed by atoms with Crippen molar-refractivity contribution in [3.63, 3.8) is 0 Å². The van der Waals surface area contributed by atoms with Crippen LogP contribution in [0, 0.1) is 5.92 Å². The number of halogens is 1. The summed E-state index contributed by atoms with van der Waals surface area (Å²) < 4.78 is 0. The summed E-state index contributed by atoms with van der Waals surface area (Å²) in [6.07, 6.45) is 4.74. The fourth-order valence-corrected chi connectivity index (χ4v) is 3.35. The molecule has 2 saturated heterocycles. The Hall–Kier alpha value is -0.0900. The van der Waals surface area contributed by atoms with Crippen LogP contribution < -0.4 is 0 Å². The first-order valence-corrected chi connectivity index (χ1v) is 7.90. The molecule has 2 aliphatic rings. The van der Waals surface area contributed by atoms with Gasteiger partial charge in [-0.05, 0) is 32.2 Å². The molecule has 17 heavy (non-hydrogen) atoms. The number of rotatable bonds is 4. The van der Waals surface area contributed by atoms with Gasteiger partial charge in [-0.3, -0.25) is 9.69 Å². The van der Waals surface area contributed by atoms with Gasteiger partial charge in [0.1, 0.15) is 0 Å². The van der Waals surface area contributed by atoms with Gasteiger partial charge >= 0.3 is 0 Å². The van der Waals surface area contributed by atoms with Crippen molar-refractivity contribution < 1.29 is 4.79 Å². The maximum Gasteiger partial charge on any atom is 0.222 e. The largest absolute Gasteiger partial charge is 0.341 e. The number of carbonyl (C=O) groups excluding carboxylic acids is 1. The van der Waals surface area contributed by atoms with Gasteiger partial charge in [0, 0.05) is 37.4 Å². The van der Waals surface area contributed by atoms with Crippen LogP contribution in [0.15, 0.2) is 0 Å². The molecular weight excluding hydrogens is 280 g/mol. The Labute approximate surface area is 113 Å². The van der Waals surface area contributed by atoms with Crippen molar-refractivity contribution in [1.82, 2.24) is 9.80 Å². The van der Waals surface area contributed by atoms with Gasteiger partial charge in [0.15, 0.2) is 0 Å². The van der Waals surface area contributed by atoms with Crippen LogP contribution in [0.1, 0.15) is 32.6 Å². The monoisotopic (exact) mass is 302 g/mol. The van der Waals surface area contributed by atoms with E-state index in [2.05, 4.69) is 27.8 Å². The number of nitrogens with zero attached hydrogens (tertiary/aromatic N) is 2. The maximum atomic E-state index is 11.8. The molecular formula is C13H23BrN2O. The number of piperidine rings is 1. The van der Waals surface area contributed by atoms with Crippen LogP contribution >= 0.6 is 15.9 Å². The lowest BCUT2D eigenvalue weighted by Gasteiger charge is -2.34. The average Bonchev–Trinajstić information content (AvgIpc) is 2.69. The van der Waals surface area contributed by atoms with E-state index < -0.39 is 0 Å². The van der Waals surface area contributed by atoms with E-state index in [-0.39, 0.29) is 0 Å². The lowest BCUT2D eigenvalue weighted by Crippen LogP contribution is -2.42. The van der Waals surface area contributed by atoms with Crippen molar-refractivity contribution in [1.29, 1.82) is 0 Å². The minimum atomic E-state index is 0.346. The molecule has 0 bridgehead atoms. The van der Waals surface area contributed by atoms with Gasteiger partial charge in [0.2, 0.25) is 5.91 Å². The zero-order chi connectivity index (χ0) is 12.3. The van der Waals surface area contributed by atoms with Crippen LogP contribution in [0.25, 0.3) is 0 Å². The maximum absolute atomic E-state index is 11.8. The van der Waals surface area contributed by atoms with Gasteiger partial charge in [-0.15, -0.1) is 0 Å². The minimum Gasteiger partial charge on any atom is -0.341 e. The Balaban J connectivity index is 1.76. The number of likely N-dealkylation sites (tertiary alicyclic amines) is 2. The van der Waals surface area contributed by atoms with Crippen LogP contribution in [0.5, 0.6) is 0 Å². The van der Waals surface area contributed by atoms with E-state index in [4.69, 9.17) is 0 Å². The molecule has 3 nitrogen and oxygen atoms in total. The van der Waals surface area contributed by atoms with Gasteiger partial charge < -0.3 is 4.90 Å². The Morgan fingerprint density at radius 3 is 2.82 bits per heavy atom. The topological polar surface area (TPSA) is 23.6 Å². The third-order valence-corrected chi connectivity index (χ3v) is 5.03. The second-order valence-corrected chi connectivity index (χ2v) is 6.09. The molecule has 98 valence electrons. The number of alkyl halides is 1. The molecule has 0 saturated carbocycles. The van der Waals surface area contributed by atoms with E-state index in [0.717, 1.165) is 31.4 Å². The number of hydrogen-bond acceptors (Lipinski definition) is 2. The number of carbonyl (C=O) groups is 1. The normalized spacial score (nSPS) is 31.2. The van der Waals surface area contributed by atoms with E-state index in [9.17, 15) is 4.79 Å². The van der Waals surface area contributed by atoms with E-state index in [0.29, 0.717) is 17.9 Å². The molecule has 0 aromatic rings. The highest BCUT2D eigenvalue weighted by Gasteiger charge is 2.29. The first-order valence-electron chi connectivity index (χ1n) is 6.78. The average molecular weight is 303 g/mol. The highest BCUT2D eigenvalue weighted by molar-refractivity contribution is 9.09. The molecule has 2 unspecified atom stereocenters. The molecule has 4 heteroatoms. The summed E-state index contributed by atoms with van der Waals surface area (Å²) in [5.41, 5.74) is 0. The van der Waals surface area contributed by atoms with Crippen molar-refractivity contribution in [3.8, 4) is 0 Å². The Morgan fingerprint density at radius 1 is 1.35 bits per heavy atom.